The lowest BCUT2D eigenvalue weighted by Gasteiger charge is -2.10. The van der Waals surface area contributed by atoms with E-state index in [1.807, 2.05) is 73.9 Å². The van der Waals surface area contributed by atoms with Crippen molar-refractivity contribution in [2.75, 3.05) is 5.75 Å². The number of nitrogens with zero attached hydrogens (tertiary/aromatic N) is 4. The van der Waals surface area contributed by atoms with Gasteiger partial charge >= 0.3 is 0 Å². The van der Waals surface area contributed by atoms with Gasteiger partial charge in [-0.25, -0.2) is 0 Å². The zero-order valence-corrected chi connectivity index (χ0v) is 20.0. The van der Waals surface area contributed by atoms with Crippen LogP contribution in [0.5, 0.6) is 0 Å². The van der Waals surface area contributed by atoms with Crippen LogP contribution in [0.1, 0.15) is 34.2 Å². The van der Waals surface area contributed by atoms with Crippen molar-refractivity contribution in [3.63, 3.8) is 0 Å². The first kappa shape index (κ1) is 22.4. The van der Waals surface area contributed by atoms with Crippen molar-refractivity contribution >= 4 is 29.1 Å². The summed E-state index contributed by atoms with van der Waals surface area (Å²) in [4.78, 5) is 13.1. The summed E-state index contributed by atoms with van der Waals surface area (Å²) < 4.78 is 4.22. The third-order valence-corrected chi connectivity index (χ3v) is 6.74. The van der Waals surface area contributed by atoms with Crippen LogP contribution >= 0.6 is 23.4 Å². The highest BCUT2D eigenvalue weighted by molar-refractivity contribution is 7.99. The van der Waals surface area contributed by atoms with Crippen LogP contribution in [0.4, 0.5) is 0 Å². The molecule has 2 aromatic heterocycles. The Balaban J connectivity index is 1.50. The molecule has 0 radical (unpaired) electrons. The van der Waals surface area contributed by atoms with Crippen molar-refractivity contribution < 1.29 is 4.79 Å². The maximum atomic E-state index is 13.1. The number of aryl methyl sites for hydroxylation is 1. The van der Waals surface area contributed by atoms with Gasteiger partial charge in [-0.2, -0.15) is 0 Å². The zero-order valence-electron chi connectivity index (χ0n) is 18.4. The van der Waals surface area contributed by atoms with Gasteiger partial charge in [0.2, 0.25) is 0 Å². The maximum absolute atomic E-state index is 13.1. The van der Waals surface area contributed by atoms with Gasteiger partial charge in [0.25, 0.3) is 0 Å². The molecule has 0 atom stereocenters. The quantitative estimate of drug-likeness (QED) is 0.235. The summed E-state index contributed by atoms with van der Waals surface area (Å²) in [7, 11) is 0. The van der Waals surface area contributed by atoms with E-state index in [0.29, 0.717) is 17.3 Å². The molecule has 164 valence electrons. The highest BCUT2D eigenvalue weighted by atomic mass is 35.5. The number of Topliss-reactive ketones (excluding diaryl/α,β-unsaturated/α-hetero) is 1. The first-order valence-corrected chi connectivity index (χ1v) is 11.9. The molecule has 0 unspecified atom stereocenters. The fourth-order valence-corrected chi connectivity index (χ4v) is 4.81. The molecular weight excluding hydrogens is 440 g/mol. The van der Waals surface area contributed by atoms with Gasteiger partial charge in [0.1, 0.15) is 0 Å². The molecule has 0 N–H and O–H groups in total. The first-order valence-electron chi connectivity index (χ1n) is 10.5. The lowest BCUT2D eigenvalue weighted by Crippen LogP contribution is -2.08. The third-order valence-electron chi connectivity index (χ3n) is 5.53. The average molecular weight is 465 g/mol. The van der Waals surface area contributed by atoms with E-state index < -0.39 is 0 Å². The Hall–Kier alpha value is -2.83. The third kappa shape index (κ3) is 4.66. The standard InChI is InChI=1S/C25H25ClN4OS/c1-4-29-24(20-10-12-21(26)13-11-20)27-28-25(29)32-16-23(31)22-14-17(2)30(18(22)3)15-19-8-6-5-7-9-19/h5-14H,4,15-16H2,1-3H3. The molecule has 2 heterocycles. The van der Waals surface area contributed by atoms with Crippen molar-refractivity contribution in [3.8, 4) is 11.4 Å². The number of aromatic nitrogens is 4. The SMILES string of the molecule is CCn1c(SCC(=O)c2cc(C)n(Cc3ccccc3)c2C)nnc1-c1ccc(Cl)cc1. The second kappa shape index (κ2) is 9.76. The van der Waals surface area contributed by atoms with Gasteiger partial charge in [-0.1, -0.05) is 53.7 Å². The van der Waals surface area contributed by atoms with E-state index in [0.717, 1.165) is 40.0 Å². The lowest BCUT2D eigenvalue weighted by molar-refractivity contribution is 0.102. The number of hydrogen-bond acceptors (Lipinski definition) is 4. The fraction of sp³-hybridized carbons (Fsp3) is 0.240. The Morgan fingerprint density at radius 2 is 1.72 bits per heavy atom. The Labute approximate surface area is 197 Å². The molecular formula is C25H25ClN4OS. The van der Waals surface area contributed by atoms with E-state index in [1.165, 1.54) is 17.3 Å². The van der Waals surface area contributed by atoms with Crippen LogP contribution in [0.3, 0.4) is 0 Å². The van der Waals surface area contributed by atoms with Crippen LogP contribution in [0.2, 0.25) is 5.02 Å². The number of halogens is 1. The summed E-state index contributed by atoms with van der Waals surface area (Å²) in [5.41, 5.74) is 5.02. The van der Waals surface area contributed by atoms with E-state index >= 15 is 0 Å². The molecule has 0 aliphatic carbocycles. The fourth-order valence-electron chi connectivity index (χ4n) is 3.79. The topological polar surface area (TPSA) is 52.7 Å². The Bertz CT molecular complexity index is 1230. The number of benzene rings is 2. The molecule has 0 fully saturated rings. The zero-order chi connectivity index (χ0) is 22.7. The van der Waals surface area contributed by atoms with Gasteiger partial charge < -0.3 is 9.13 Å². The van der Waals surface area contributed by atoms with E-state index in [4.69, 9.17) is 11.6 Å². The number of thioether (sulfide) groups is 1. The monoisotopic (exact) mass is 464 g/mol. The molecule has 0 aliphatic heterocycles. The summed E-state index contributed by atoms with van der Waals surface area (Å²) in [5.74, 6) is 1.19. The highest BCUT2D eigenvalue weighted by Crippen LogP contribution is 2.26. The van der Waals surface area contributed by atoms with Gasteiger partial charge in [-0.05, 0) is 56.7 Å². The second-order valence-electron chi connectivity index (χ2n) is 7.63. The Morgan fingerprint density at radius 1 is 1.00 bits per heavy atom. The summed E-state index contributed by atoms with van der Waals surface area (Å²) >= 11 is 7.43. The average Bonchev–Trinajstić information content (AvgIpc) is 3.34. The van der Waals surface area contributed by atoms with Crippen molar-refractivity contribution in [2.24, 2.45) is 0 Å². The molecule has 7 heteroatoms. The van der Waals surface area contributed by atoms with Crippen LogP contribution in [-0.2, 0) is 13.1 Å². The van der Waals surface area contributed by atoms with Crippen LogP contribution < -0.4 is 0 Å². The van der Waals surface area contributed by atoms with Crippen molar-refractivity contribution in [3.05, 3.63) is 88.2 Å². The molecule has 0 saturated carbocycles. The van der Waals surface area contributed by atoms with Crippen molar-refractivity contribution in [1.82, 2.24) is 19.3 Å². The van der Waals surface area contributed by atoms with Crippen molar-refractivity contribution in [2.45, 2.75) is 39.0 Å². The van der Waals surface area contributed by atoms with Crippen LogP contribution in [-0.4, -0.2) is 30.9 Å². The Kier molecular flexibility index (Phi) is 6.82. The molecule has 0 bridgehead atoms. The normalized spacial score (nSPS) is 11.1. The lowest BCUT2D eigenvalue weighted by atomic mass is 10.2. The maximum Gasteiger partial charge on any atom is 0.191 e. The number of ketones is 1. The largest absolute Gasteiger partial charge is 0.344 e. The molecule has 4 rings (SSSR count). The van der Waals surface area contributed by atoms with Crippen LogP contribution in [0, 0.1) is 13.8 Å². The minimum atomic E-state index is 0.0982. The summed E-state index contributed by atoms with van der Waals surface area (Å²) in [6.45, 7) is 7.58. The smallest absolute Gasteiger partial charge is 0.191 e. The predicted molar refractivity (Wildman–Crippen MR) is 131 cm³/mol. The number of carbonyl (C=O) groups excluding carboxylic acids is 1. The van der Waals surface area contributed by atoms with E-state index in [9.17, 15) is 4.79 Å². The molecule has 2 aromatic carbocycles. The molecule has 0 saturated heterocycles. The summed E-state index contributed by atoms with van der Waals surface area (Å²) in [6, 6.07) is 19.8. The summed E-state index contributed by atoms with van der Waals surface area (Å²) in [5, 5.41) is 10.1. The predicted octanol–water partition coefficient (Wildman–Crippen LogP) is 6.06. The van der Waals surface area contributed by atoms with Crippen LogP contribution in [0.25, 0.3) is 11.4 Å². The van der Waals surface area contributed by atoms with Crippen LogP contribution in [0.15, 0.2) is 65.8 Å². The molecule has 5 nitrogen and oxygen atoms in total. The number of hydrogen-bond donors (Lipinski definition) is 0. The van der Waals surface area contributed by atoms with Gasteiger partial charge in [0, 0.05) is 40.6 Å². The van der Waals surface area contributed by atoms with E-state index in [1.54, 1.807) is 0 Å². The summed E-state index contributed by atoms with van der Waals surface area (Å²) in [6.07, 6.45) is 0. The number of rotatable bonds is 8. The molecule has 0 amide bonds. The molecule has 0 aliphatic rings. The molecule has 4 aromatic rings. The Morgan fingerprint density at radius 3 is 2.41 bits per heavy atom. The minimum absolute atomic E-state index is 0.0982. The van der Waals surface area contributed by atoms with Gasteiger partial charge in [0.05, 0.1) is 5.75 Å². The van der Waals surface area contributed by atoms with Gasteiger partial charge in [0.15, 0.2) is 16.8 Å². The first-order chi connectivity index (χ1) is 15.5. The molecule has 32 heavy (non-hydrogen) atoms. The number of carbonyl (C=O) groups is 1. The van der Waals surface area contributed by atoms with Crippen molar-refractivity contribution in [1.29, 1.82) is 0 Å². The van der Waals surface area contributed by atoms with Gasteiger partial charge in [-0.3, -0.25) is 4.79 Å². The highest BCUT2D eigenvalue weighted by Gasteiger charge is 2.19. The van der Waals surface area contributed by atoms with Gasteiger partial charge in [-0.15, -0.1) is 10.2 Å². The second-order valence-corrected chi connectivity index (χ2v) is 9.00. The minimum Gasteiger partial charge on any atom is -0.344 e. The van der Waals surface area contributed by atoms with E-state index in [-0.39, 0.29) is 5.78 Å². The molecule has 0 spiro atoms. The van der Waals surface area contributed by atoms with E-state index in [2.05, 4.69) is 26.9 Å².